The largest absolute Gasteiger partial charge is 1.00 e. The normalized spacial score (nSPS) is 43.1. The van der Waals surface area contributed by atoms with Gasteiger partial charge in [0.15, 0.2) is 12.4 Å². The predicted molar refractivity (Wildman–Crippen MR) is 182 cm³/mol. The molecule has 5 aliphatic carbocycles. The molecule has 0 saturated heterocycles. The standard InChI is InChI=1S/C40H63N2O3.ClH/c1-26(2)29-13-20-40(25-45-35(44)27(3)42-23-16-28(17-24-42)41(9)10)22-21-38(7)30(34(29)40)11-12-32-37(6)18-15-33(43)36(4,5)31(37)14-19-39(32,38)8;/h16-17,23-24,27,29-34,43H,1,11-15,18-22,25H2,2-10H3;1H/q+1;/p-1/t27?,29-,30+,31-,32+,33-,34+,37-,38+,39+,40+;/m0./s1. The topological polar surface area (TPSA) is 53.7 Å². The van der Waals surface area contributed by atoms with Gasteiger partial charge in [0, 0.05) is 44.3 Å². The Morgan fingerprint density at radius 3 is 2.26 bits per heavy atom. The fraction of sp³-hybridized carbons (Fsp3) is 0.800. The number of pyridine rings is 1. The third-order valence-electron chi connectivity index (χ3n) is 15.9. The molecule has 0 aromatic carbocycles. The van der Waals surface area contributed by atoms with Gasteiger partial charge in [-0.25, -0.2) is 4.79 Å². The summed E-state index contributed by atoms with van der Waals surface area (Å²) in [6.07, 6.45) is 15.7. The number of aliphatic hydroxyl groups is 1. The second kappa shape index (κ2) is 12.1. The lowest BCUT2D eigenvalue weighted by molar-refractivity contribution is -0.707. The van der Waals surface area contributed by atoms with Crippen LogP contribution in [0.3, 0.4) is 0 Å². The Bertz CT molecular complexity index is 1310. The van der Waals surface area contributed by atoms with Crippen molar-refractivity contribution in [3.63, 3.8) is 0 Å². The van der Waals surface area contributed by atoms with Crippen LogP contribution in [0.4, 0.5) is 5.69 Å². The molecular weight excluding hydrogens is 592 g/mol. The van der Waals surface area contributed by atoms with E-state index in [0.717, 1.165) is 31.4 Å². The highest BCUT2D eigenvalue weighted by atomic mass is 35.5. The van der Waals surface area contributed by atoms with Crippen molar-refractivity contribution in [1.29, 1.82) is 0 Å². The van der Waals surface area contributed by atoms with Crippen molar-refractivity contribution in [1.82, 2.24) is 0 Å². The quantitative estimate of drug-likeness (QED) is 0.262. The summed E-state index contributed by atoms with van der Waals surface area (Å²) in [4.78, 5) is 15.6. The highest BCUT2D eigenvalue weighted by Crippen LogP contribution is 2.77. The van der Waals surface area contributed by atoms with Gasteiger partial charge in [-0.1, -0.05) is 46.8 Å². The summed E-state index contributed by atoms with van der Waals surface area (Å²) >= 11 is 0. The number of halogens is 1. The lowest BCUT2D eigenvalue weighted by atomic mass is 9.32. The van der Waals surface area contributed by atoms with Crippen LogP contribution < -0.4 is 21.9 Å². The molecule has 6 rings (SSSR count). The predicted octanol–water partition coefficient (Wildman–Crippen LogP) is 5.17. The number of nitrogens with zero attached hydrogens (tertiary/aromatic N) is 2. The molecule has 5 saturated carbocycles. The van der Waals surface area contributed by atoms with E-state index in [1.807, 2.05) is 38.0 Å². The van der Waals surface area contributed by atoms with Crippen LogP contribution in [0.2, 0.25) is 0 Å². The molecular formula is C40H63ClN2O3. The maximum absolute atomic E-state index is 13.5. The average molecular weight is 655 g/mol. The third-order valence-corrected chi connectivity index (χ3v) is 15.9. The van der Waals surface area contributed by atoms with E-state index < -0.39 is 0 Å². The summed E-state index contributed by atoms with van der Waals surface area (Å²) < 4.78 is 8.32. The van der Waals surface area contributed by atoms with Crippen LogP contribution in [0.15, 0.2) is 36.7 Å². The summed E-state index contributed by atoms with van der Waals surface area (Å²) in [6, 6.07) is 3.75. The average Bonchev–Trinajstić information content (AvgIpc) is 3.38. The Labute approximate surface area is 286 Å². The minimum atomic E-state index is -0.355. The maximum Gasteiger partial charge on any atom is 0.375 e. The van der Waals surface area contributed by atoms with Gasteiger partial charge in [0.05, 0.1) is 12.7 Å². The van der Waals surface area contributed by atoms with E-state index in [9.17, 15) is 9.90 Å². The molecule has 0 aliphatic heterocycles. The van der Waals surface area contributed by atoms with Crippen molar-refractivity contribution in [2.75, 3.05) is 25.6 Å². The highest BCUT2D eigenvalue weighted by molar-refractivity contribution is 5.72. The number of aliphatic hydroxyl groups excluding tert-OH is 1. The molecule has 1 heterocycles. The molecule has 11 atom stereocenters. The van der Waals surface area contributed by atoms with E-state index >= 15 is 0 Å². The number of aromatic nitrogens is 1. The van der Waals surface area contributed by atoms with Crippen LogP contribution in [0.25, 0.3) is 0 Å². The van der Waals surface area contributed by atoms with Crippen molar-refractivity contribution in [3.8, 4) is 0 Å². The van der Waals surface area contributed by atoms with Crippen molar-refractivity contribution >= 4 is 11.7 Å². The molecule has 0 radical (unpaired) electrons. The number of allylic oxidation sites excluding steroid dienone is 1. The number of fused-ring (bicyclic) bond motifs is 7. The van der Waals surface area contributed by atoms with Gasteiger partial charge in [-0.05, 0) is 122 Å². The Kier molecular flexibility index (Phi) is 9.37. The Morgan fingerprint density at radius 2 is 1.63 bits per heavy atom. The smallest absolute Gasteiger partial charge is 0.375 e. The van der Waals surface area contributed by atoms with E-state index in [4.69, 9.17) is 4.74 Å². The Morgan fingerprint density at radius 1 is 0.957 bits per heavy atom. The number of carbonyl (C=O) groups excluding carboxylic acids is 1. The van der Waals surface area contributed by atoms with E-state index in [0.29, 0.717) is 36.2 Å². The van der Waals surface area contributed by atoms with Gasteiger partial charge in [-0.2, -0.15) is 4.57 Å². The molecule has 0 bridgehead atoms. The van der Waals surface area contributed by atoms with Gasteiger partial charge in [0.25, 0.3) is 6.04 Å². The minimum Gasteiger partial charge on any atom is -1.00 e. The SMILES string of the molecule is C=C(C)[C@@H]1CC[C@]2(COC(=O)C(C)[n+]3ccc(N(C)C)cc3)CC[C@]3(C)[C@H](CC[C@@H]4[C@@]5(C)CC[C@H](O)C(C)(C)[C@@H]5CC[C@]43C)[C@@H]12.[Cl-]. The van der Waals surface area contributed by atoms with Crippen LogP contribution >= 0.6 is 0 Å². The molecule has 0 amide bonds. The summed E-state index contributed by atoms with van der Waals surface area (Å²) in [7, 11) is 4.06. The number of hydrogen-bond donors (Lipinski definition) is 1. The second-order valence-corrected chi connectivity index (χ2v) is 18.1. The lowest BCUT2D eigenvalue weighted by Crippen LogP contribution is -3.00. The summed E-state index contributed by atoms with van der Waals surface area (Å²) in [5.74, 6) is 2.82. The molecule has 1 aromatic heterocycles. The molecule has 258 valence electrons. The van der Waals surface area contributed by atoms with Crippen LogP contribution in [0, 0.1) is 56.7 Å². The monoisotopic (exact) mass is 654 g/mol. The molecule has 6 heteroatoms. The van der Waals surface area contributed by atoms with Crippen LogP contribution in [0.5, 0.6) is 0 Å². The Balaban J connectivity index is 0.00000417. The van der Waals surface area contributed by atoms with Crippen molar-refractivity contribution in [2.45, 2.75) is 125 Å². The van der Waals surface area contributed by atoms with Crippen molar-refractivity contribution < 1.29 is 31.6 Å². The van der Waals surface area contributed by atoms with Gasteiger partial charge in [-0.3, -0.25) is 0 Å². The van der Waals surface area contributed by atoms with Gasteiger partial charge in [-0.15, -0.1) is 0 Å². The lowest BCUT2D eigenvalue weighted by Gasteiger charge is -2.73. The first-order valence-corrected chi connectivity index (χ1v) is 18.2. The fourth-order valence-electron chi connectivity index (χ4n) is 13.0. The zero-order valence-corrected chi connectivity index (χ0v) is 31.1. The number of rotatable bonds is 6. The summed E-state index contributed by atoms with van der Waals surface area (Å²) in [5, 5.41) is 11.1. The Hall–Kier alpha value is -1.59. The van der Waals surface area contributed by atoms with Gasteiger partial charge in [0.1, 0.15) is 0 Å². The molecule has 5 fully saturated rings. The van der Waals surface area contributed by atoms with E-state index in [-0.39, 0.29) is 57.6 Å². The molecule has 0 spiro atoms. The van der Waals surface area contributed by atoms with Crippen LogP contribution in [-0.4, -0.2) is 37.9 Å². The minimum absolute atomic E-state index is 0. The summed E-state index contributed by atoms with van der Waals surface area (Å²) in [5.41, 5.74) is 3.31. The fourth-order valence-corrected chi connectivity index (χ4v) is 13.0. The van der Waals surface area contributed by atoms with E-state index in [1.54, 1.807) is 0 Å². The molecule has 1 N–H and O–H groups in total. The first-order chi connectivity index (χ1) is 21.0. The second-order valence-electron chi connectivity index (χ2n) is 18.1. The van der Waals surface area contributed by atoms with Crippen molar-refractivity contribution in [3.05, 3.63) is 36.7 Å². The molecule has 5 aliphatic rings. The zero-order valence-electron chi connectivity index (χ0n) is 30.4. The van der Waals surface area contributed by atoms with Crippen LogP contribution in [-0.2, 0) is 9.53 Å². The van der Waals surface area contributed by atoms with Gasteiger partial charge < -0.3 is 27.2 Å². The molecule has 46 heavy (non-hydrogen) atoms. The van der Waals surface area contributed by atoms with Crippen LogP contribution in [0.1, 0.15) is 119 Å². The third kappa shape index (κ3) is 5.10. The van der Waals surface area contributed by atoms with Crippen molar-refractivity contribution in [2.24, 2.45) is 56.7 Å². The molecule has 1 unspecified atom stereocenters. The highest BCUT2D eigenvalue weighted by Gasteiger charge is 2.71. The first kappa shape index (κ1) is 35.7. The first-order valence-electron chi connectivity index (χ1n) is 18.2. The number of ether oxygens (including phenoxy) is 1. The molecule has 5 nitrogen and oxygen atoms in total. The maximum atomic E-state index is 13.5. The number of hydrogen-bond acceptors (Lipinski definition) is 4. The van der Waals surface area contributed by atoms with Gasteiger partial charge >= 0.3 is 5.97 Å². The number of carbonyl (C=O) groups is 1. The molecule has 1 aromatic rings. The zero-order chi connectivity index (χ0) is 32.7. The number of anilines is 1. The number of esters is 1. The summed E-state index contributed by atoms with van der Waals surface area (Å²) in [6.45, 7) is 22.0. The van der Waals surface area contributed by atoms with Gasteiger partial charge in [0.2, 0.25) is 0 Å². The van der Waals surface area contributed by atoms with E-state index in [1.165, 1.54) is 44.1 Å². The van der Waals surface area contributed by atoms with E-state index in [2.05, 4.69) is 65.2 Å².